The van der Waals surface area contributed by atoms with Gasteiger partial charge in [-0.1, -0.05) is 131 Å². The topological polar surface area (TPSA) is 0 Å². The lowest BCUT2D eigenvalue weighted by atomic mass is 9.93. The van der Waals surface area contributed by atoms with Crippen molar-refractivity contribution >= 4 is 44.9 Å². The highest BCUT2D eigenvalue weighted by molar-refractivity contribution is 6.36. The molecule has 0 heterocycles. The molecule has 0 saturated carbocycles. The van der Waals surface area contributed by atoms with Gasteiger partial charge in [0.15, 0.2) is 0 Å². The van der Waals surface area contributed by atoms with Crippen molar-refractivity contribution in [1.29, 1.82) is 0 Å². The number of allylic oxidation sites excluding steroid dienone is 2. The summed E-state index contributed by atoms with van der Waals surface area (Å²) in [5.74, 6) is 1.06. The lowest BCUT2D eigenvalue weighted by molar-refractivity contribution is 0.876. The summed E-state index contributed by atoms with van der Waals surface area (Å²) >= 11 is 13.2. The lowest BCUT2D eigenvalue weighted by Gasteiger charge is -2.19. The number of hydrogen-bond acceptors (Lipinski definition) is 0. The number of benzene rings is 4. The lowest BCUT2D eigenvalue weighted by Crippen LogP contribution is -2.06. The zero-order chi connectivity index (χ0) is 25.5. The van der Waals surface area contributed by atoms with Gasteiger partial charge in [0.05, 0.1) is 0 Å². The Hall–Kier alpha value is -2.84. The fourth-order valence-electron chi connectivity index (χ4n) is 6.36. The van der Waals surface area contributed by atoms with E-state index in [2.05, 4.69) is 86.7 Å². The highest BCUT2D eigenvalue weighted by atomic mass is 35.5. The minimum atomic E-state index is -0.290. The maximum absolute atomic E-state index is 6.58. The van der Waals surface area contributed by atoms with Crippen molar-refractivity contribution in [2.24, 2.45) is 0 Å². The van der Waals surface area contributed by atoms with E-state index in [1.54, 1.807) is 0 Å². The Morgan fingerprint density at radius 1 is 0.541 bits per heavy atom. The maximum Gasteiger partial charge on any atom is 0.0484 e. The Kier molecular flexibility index (Phi) is 6.71. The van der Waals surface area contributed by atoms with E-state index in [9.17, 15) is 0 Å². The van der Waals surface area contributed by atoms with Crippen LogP contribution in [0.4, 0.5) is 0 Å². The molecular formula is C34H30Cl2Si. The van der Waals surface area contributed by atoms with Crippen LogP contribution in [0.25, 0.3) is 34.4 Å². The normalized spacial score (nSPS) is 18.2. The van der Waals surface area contributed by atoms with Crippen molar-refractivity contribution in [2.75, 3.05) is 0 Å². The predicted octanol–water partition coefficient (Wildman–Crippen LogP) is 10.0. The van der Waals surface area contributed by atoms with E-state index in [0.717, 1.165) is 21.2 Å². The van der Waals surface area contributed by atoms with Crippen LogP contribution in [0.5, 0.6) is 0 Å². The van der Waals surface area contributed by atoms with Gasteiger partial charge in [0.25, 0.3) is 0 Å². The average molecular weight is 538 g/mol. The van der Waals surface area contributed by atoms with Crippen LogP contribution in [0.1, 0.15) is 47.9 Å². The van der Waals surface area contributed by atoms with Crippen molar-refractivity contribution in [3.05, 3.63) is 128 Å². The summed E-state index contributed by atoms with van der Waals surface area (Å²) in [6, 6.07) is 32.5. The Labute approximate surface area is 232 Å². The van der Waals surface area contributed by atoms with E-state index >= 15 is 0 Å². The van der Waals surface area contributed by atoms with Crippen molar-refractivity contribution in [3.63, 3.8) is 0 Å². The second-order valence-electron chi connectivity index (χ2n) is 10.4. The third-order valence-electron chi connectivity index (χ3n) is 8.19. The zero-order valence-electron chi connectivity index (χ0n) is 21.3. The van der Waals surface area contributed by atoms with Gasteiger partial charge in [-0.25, -0.2) is 0 Å². The molecule has 0 bridgehead atoms. The van der Waals surface area contributed by atoms with Crippen LogP contribution < -0.4 is 0 Å². The van der Waals surface area contributed by atoms with Gasteiger partial charge in [-0.05, 0) is 59.4 Å². The summed E-state index contributed by atoms with van der Waals surface area (Å²) < 4.78 is 0. The first kappa shape index (κ1) is 24.5. The van der Waals surface area contributed by atoms with Gasteiger partial charge < -0.3 is 0 Å². The molecular weight excluding hydrogens is 507 g/mol. The van der Waals surface area contributed by atoms with Crippen LogP contribution in [0.15, 0.2) is 96.1 Å². The third-order valence-corrected chi connectivity index (χ3v) is 10.8. The average Bonchev–Trinajstić information content (AvgIpc) is 3.40. The van der Waals surface area contributed by atoms with E-state index in [1.807, 2.05) is 24.3 Å². The fraction of sp³-hybridized carbons (Fsp3) is 0.176. The van der Waals surface area contributed by atoms with Crippen molar-refractivity contribution < 1.29 is 0 Å². The van der Waals surface area contributed by atoms with Gasteiger partial charge in [-0.15, -0.1) is 0 Å². The molecule has 0 radical (unpaired) electrons. The highest BCUT2D eigenvalue weighted by Crippen LogP contribution is 2.46. The van der Waals surface area contributed by atoms with Crippen molar-refractivity contribution in [1.82, 2.24) is 0 Å². The summed E-state index contributed by atoms with van der Waals surface area (Å²) in [4.78, 5) is 0. The van der Waals surface area contributed by atoms with Crippen LogP contribution in [0.2, 0.25) is 22.1 Å². The minimum absolute atomic E-state index is 0.290. The third kappa shape index (κ3) is 4.44. The number of rotatable bonds is 6. The molecule has 3 heteroatoms. The molecule has 0 amide bonds. The molecule has 0 spiro atoms. The Bertz CT molecular complexity index is 1450. The molecule has 0 nitrogen and oxygen atoms in total. The molecule has 2 aliphatic carbocycles. The Morgan fingerprint density at radius 3 is 1.38 bits per heavy atom. The number of halogens is 2. The second kappa shape index (κ2) is 10.1. The Balaban J connectivity index is 1.22. The standard InChI is InChI=1S/C34H30Cl2Si/c1-21-17-29-23(27-9-3-5-15-33(27)35)11-7-13-25(29)31(21)19-37-20-32-22(2)18-30-24(12-8-14-26(30)32)28-10-4-6-16-34(28)36/h3-18,31-32H,19-20,37H2,1-2H3. The summed E-state index contributed by atoms with van der Waals surface area (Å²) in [5.41, 5.74) is 13.4. The van der Waals surface area contributed by atoms with Gasteiger partial charge >= 0.3 is 0 Å². The number of fused-ring (bicyclic) bond motifs is 2. The van der Waals surface area contributed by atoms with Crippen LogP contribution in [0.3, 0.4) is 0 Å². The molecule has 6 rings (SSSR count). The molecule has 4 aromatic carbocycles. The molecule has 2 unspecified atom stereocenters. The smallest absolute Gasteiger partial charge is 0.0484 e. The van der Waals surface area contributed by atoms with E-state index in [-0.39, 0.29) is 9.52 Å². The quantitative estimate of drug-likeness (QED) is 0.215. The van der Waals surface area contributed by atoms with Gasteiger partial charge in [0.2, 0.25) is 0 Å². The van der Waals surface area contributed by atoms with Gasteiger partial charge in [0.1, 0.15) is 0 Å². The minimum Gasteiger partial charge on any atom is -0.0837 e. The highest BCUT2D eigenvalue weighted by Gasteiger charge is 2.28. The maximum atomic E-state index is 6.58. The first-order chi connectivity index (χ1) is 18.0. The van der Waals surface area contributed by atoms with E-state index in [1.165, 1.54) is 56.6 Å². The van der Waals surface area contributed by atoms with E-state index in [4.69, 9.17) is 23.2 Å². The summed E-state index contributed by atoms with van der Waals surface area (Å²) in [7, 11) is -0.290. The molecule has 0 fully saturated rings. The molecule has 0 N–H and O–H groups in total. The van der Waals surface area contributed by atoms with Crippen LogP contribution in [-0.4, -0.2) is 9.52 Å². The predicted molar refractivity (Wildman–Crippen MR) is 165 cm³/mol. The van der Waals surface area contributed by atoms with Crippen LogP contribution in [0, 0.1) is 0 Å². The summed E-state index contributed by atoms with van der Waals surface area (Å²) in [5, 5.41) is 1.64. The van der Waals surface area contributed by atoms with Gasteiger partial charge in [-0.2, -0.15) is 0 Å². The fourth-order valence-corrected chi connectivity index (χ4v) is 9.42. The molecule has 0 aromatic heterocycles. The summed E-state index contributed by atoms with van der Waals surface area (Å²) in [6.45, 7) is 4.61. The number of hydrogen-bond donors (Lipinski definition) is 0. The molecule has 0 saturated heterocycles. The van der Waals surface area contributed by atoms with Crippen molar-refractivity contribution in [2.45, 2.75) is 37.8 Å². The second-order valence-corrected chi connectivity index (χ2v) is 13.1. The van der Waals surface area contributed by atoms with Crippen LogP contribution in [-0.2, 0) is 0 Å². The SMILES string of the molecule is CC1=Cc2c(-c3ccccc3Cl)cccc2C1C[SiH2]CC1C(C)=Cc2c(-c3ccccc3Cl)cccc21. The largest absolute Gasteiger partial charge is 0.0837 e. The molecule has 37 heavy (non-hydrogen) atoms. The molecule has 4 aromatic rings. The van der Waals surface area contributed by atoms with Crippen molar-refractivity contribution in [3.8, 4) is 22.3 Å². The monoisotopic (exact) mass is 536 g/mol. The molecule has 0 aliphatic heterocycles. The van der Waals surface area contributed by atoms with E-state index in [0.29, 0.717) is 11.8 Å². The molecule has 184 valence electrons. The first-order valence-electron chi connectivity index (χ1n) is 13.1. The molecule has 2 aliphatic rings. The summed E-state index contributed by atoms with van der Waals surface area (Å²) in [6.07, 6.45) is 4.80. The van der Waals surface area contributed by atoms with Crippen LogP contribution >= 0.6 is 23.2 Å². The molecule has 2 atom stereocenters. The van der Waals surface area contributed by atoms with E-state index < -0.39 is 0 Å². The Morgan fingerprint density at radius 2 is 0.946 bits per heavy atom. The first-order valence-corrected chi connectivity index (χ1v) is 15.9. The zero-order valence-corrected chi connectivity index (χ0v) is 24.2. The van der Waals surface area contributed by atoms with Gasteiger partial charge in [-0.3, -0.25) is 0 Å². The van der Waals surface area contributed by atoms with Gasteiger partial charge in [0, 0.05) is 42.5 Å².